The summed E-state index contributed by atoms with van der Waals surface area (Å²) in [5.74, 6) is 2.83. The third kappa shape index (κ3) is 5.86. The van der Waals surface area contributed by atoms with Gasteiger partial charge in [0.15, 0.2) is 0 Å². The molecule has 0 bridgehead atoms. The Balaban J connectivity index is 1.40. The number of nitrogens with zero attached hydrogens (tertiary/aromatic N) is 4. The zero-order valence-electron chi connectivity index (χ0n) is 15.0. The molecule has 1 amide bonds. The third-order valence-corrected chi connectivity index (χ3v) is 5.66. The summed E-state index contributed by atoms with van der Waals surface area (Å²) in [6, 6.07) is 11.9. The van der Waals surface area contributed by atoms with Gasteiger partial charge in [-0.05, 0) is 46.7 Å². The van der Waals surface area contributed by atoms with E-state index in [-0.39, 0.29) is 11.7 Å². The first-order valence-corrected chi connectivity index (χ1v) is 10.8. The van der Waals surface area contributed by atoms with E-state index in [0.717, 1.165) is 29.4 Å². The predicted octanol–water partition coefficient (Wildman–Crippen LogP) is 2.96. The van der Waals surface area contributed by atoms with Crippen molar-refractivity contribution in [1.82, 2.24) is 25.5 Å². The molecular weight excluding hydrogens is 382 g/mol. The highest BCUT2D eigenvalue weighted by Crippen LogP contribution is 2.18. The zero-order valence-corrected chi connectivity index (χ0v) is 16.6. The molecule has 0 aliphatic rings. The van der Waals surface area contributed by atoms with Gasteiger partial charge in [0.25, 0.3) is 0 Å². The number of hydrogen-bond donors (Lipinski definition) is 1. The smallest absolute Gasteiger partial charge is 0.230 e. The van der Waals surface area contributed by atoms with Crippen molar-refractivity contribution < 1.29 is 9.21 Å². The predicted molar refractivity (Wildman–Crippen MR) is 107 cm³/mol. The van der Waals surface area contributed by atoms with Gasteiger partial charge in [-0.1, -0.05) is 30.8 Å². The van der Waals surface area contributed by atoms with Crippen LogP contribution >= 0.6 is 23.5 Å². The van der Waals surface area contributed by atoms with Crippen molar-refractivity contribution >= 4 is 29.4 Å². The van der Waals surface area contributed by atoms with Crippen LogP contribution in [0.2, 0.25) is 0 Å². The molecule has 142 valence electrons. The molecule has 3 aromatic rings. The number of carbonyl (C=O) groups is 1. The molecule has 0 spiro atoms. The highest BCUT2D eigenvalue weighted by atomic mass is 32.2. The molecule has 0 saturated carbocycles. The first-order valence-electron chi connectivity index (χ1n) is 8.63. The normalized spacial score (nSPS) is 10.9. The number of thioether (sulfide) groups is 2. The molecule has 0 unspecified atom stereocenters. The van der Waals surface area contributed by atoms with E-state index in [0.29, 0.717) is 11.7 Å². The molecule has 2 aromatic heterocycles. The summed E-state index contributed by atoms with van der Waals surface area (Å²) in [4.78, 5) is 12.0. The van der Waals surface area contributed by atoms with Crippen LogP contribution in [0.4, 0.5) is 0 Å². The largest absolute Gasteiger partial charge is 0.468 e. The van der Waals surface area contributed by atoms with Gasteiger partial charge in [-0.15, -0.1) is 5.10 Å². The minimum Gasteiger partial charge on any atom is -0.468 e. The fourth-order valence-electron chi connectivity index (χ4n) is 2.32. The van der Waals surface area contributed by atoms with Crippen molar-refractivity contribution in [2.45, 2.75) is 24.3 Å². The van der Waals surface area contributed by atoms with Gasteiger partial charge in [0.05, 0.1) is 23.5 Å². The number of rotatable bonds is 10. The fourth-order valence-corrected chi connectivity index (χ4v) is 3.79. The Kier molecular flexibility index (Phi) is 7.35. The summed E-state index contributed by atoms with van der Waals surface area (Å²) in [6.07, 6.45) is 2.65. The molecule has 7 nitrogen and oxygen atoms in total. The van der Waals surface area contributed by atoms with E-state index < -0.39 is 0 Å². The molecule has 0 aliphatic carbocycles. The lowest BCUT2D eigenvalue weighted by Gasteiger charge is -2.06. The van der Waals surface area contributed by atoms with E-state index in [1.807, 2.05) is 24.3 Å². The van der Waals surface area contributed by atoms with E-state index in [1.165, 1.54) is 17.3 Å². The second-order valence-corrected chi connectivity index (χ2v) is 7.71. The van der Waals surface area contributed by atoms with Gasteiger partial charge in [-0.25, -0.2) is 0 Å². The van der Waals surface area contributed by atoms with Gasteiger partial charge in [-0.3, -0.25) is 4.79 Å². The van der Waals surface area contributed by atoms with E-state index in [1.54, 1.807) is 22.7 Å². The standard InChI is InChI=1S/C18H21N5O2S2/c1-2-14-5-7-15(8-6-14)23-18(20-21-22-23)27-13-17(24)19-9-11-26-12-16-4-3-10-25-16/h3-8,10H,2,9,11-13H2,1H3,(H,19,24). The second kappa shape index (κ2) is 10.2. The minimum atomic E-state index is -0.0329. The monoisotopic (exact) mass is 403 g/mol. The molecule has 0 fully saturated rings. The maximum atomic E-state index is 12.0. The second-order valence-electron chi connectivity index (χ2n) is 5.66. The maximum Gasteiger partial charge on any atom is 0.230 e. The Hall–Kier alpha value is -2.26. The molecule has 0 atom stereocenters. The highest BCUT2D eigenvalue weighted by Gasteiger charge is 2.11. The van der Waals surface area contributed by atoms with Gasteiger partial charge in [0, 0.05) is 12.3 Å². The number of nitrogens with one attached hydrogen (secondary N) is 1. The number of aromatic nitrogens is 4. The van der Waals surface area contributed by atoms with E-state index in [2.05, 4.69) is 39.9 Å². The molecule has 3 rings (SSSR count). The number of furan rings is 1. The molecule has 0 aliphatic heterocycles. The third-order valence-electron chi connectivity index (χ3n) is 3.76. The number of tetrazole rings is 1. The average molecular weight is 404 g/mol. The van der Waals surface area contributed by atoms with Crippen LogP contribution in [0, 0.1) is 0 Å². The summed E-state index contributed by atoms with van der Waals surface area (Å²) >= 11 is 3.04. The quantitative estimate of drug-likeness (QED) is 0.411. The van der Waals surface area contributed by atoms with Crippen molar-refractivity contribution in [3.05, 3.63) is 54.0 Å². The number of hydrogen-bond acceptors (Lipinski definition) is 7. The molecular formula is C18H21N5O2S2. The van der Waals surface area contributed by atoms with Crippen LogP contribution in [0.5, 0.6) is 0 Å². The summed E-state index contributed by atoms with van der Waals surface area (Å²) < 4.78 is 6.92. The van der Waals surface area contributed by atoms with Crippen molar-refractivity contribution in [2.24, 2.45) is 0 Å². The summed E-state index contributed by atoms with van der Waals surface area (Å²) in [7, 11) is 0. The van der Waals surface area contributed by atoms with Crippen LogP contribution in [0.25, 0.3) is 5.69 Å². The van der Waals surface area contributed by atoms with Gasteiger partial charge in [-0.2, -0.15) is 16.4 Å². The van der Waals surface area contributed by atoms with Gasteiger partial charge >= 0.3 is 0 Å². The lowest BCUT2D eigenvalue weighted by atomic mass is 10.1. The van der Waals surface area contributed by atoms with Crippen molar-refractivity contribution in [1.29, 1.82) is 0 Å². The first kappa shape index (κ1) is 19.5. The number of aryl methyl sites for hydroxylation is 1. The Morgan fingerprint density at radius 1 is 1.26 bits per heavy atom. The molecule has 9 heteroatoms. The summed E-state index contributed by atoms with van der Waals surface area (Å²) in [5, 5.41) is 15.3. The molecule has 1 aromatic carbocycles. The van der Waals surface area contributed by atoms with E-state index >= 15 is 0 Å². The zero-order chi connectivity index (χ0) is 18.9. The Morgan fingerprint density at radius 2 is 2.11 bits per heavy atom. The summed E-state index contributed by atoms with van der Waals surface area (Å²) in [6.45, 7) is 2.73. The van der Waals surface area contributed by atoms with Crippen molar-refractivity contribution in [2.75, 3.05) is 18.1 Å². The molecule has 1 N–H and O–H groups in total. The summed E-state index contributed by atoms with van der Waals surface area (Å²) in [5.41, 5.74) is 2.14. The van der Waals surface area contributed by atoms with Crippen molar-refractivity contribution in [3.63, 3.8) is 0 Å². The minimum absolute atomic E-state index is 0.0329. The lowest BCUT2D eigenvalue weighted by molar-refractivity contribution is -0.118. The van der Waals surface area contributed by atoms with Crippen molar-refractivity contribution in [3.8, 4) is 5.69 Å². The van der Waals surface area contributed by atoms with E-state index in [9.17, 15) is 4.79 Å². The average Bonchev–Trinajstić information content (AvgIpc) is 3.38. The number of benzene rings is 1. The molecule has 0 saturated heterocycles. The van der Waals surface area contributed by atoms with Crippen LogP contribution < -0.4 is 5.32 Å². The van der Waals surface area contributed by atoms with Crippen LogP contribution in [-0.2, 0) is 17.0 Å². The SMILES string of the molecule is CCc1ccc(-n2nnnc2SCC(=O)NCCSCc2ccco2)cc1. The molecule has 2 heterocycles. The van der Waals surface area contributed by atoms with Crippen LogP contribution in [0.1, 0.15) is 18.2 Å². The maximum absolute atomic E-state index is 12.0. The van der Waals surface area contributed by atoms with E-state index in [4.69, 9.17) is 4.42 Å². The van der Waals surface area contributed by atoms with Crippen LogP contribution in [0.3, 0.4) is 0 Å². The Bertz CT molecular complexity index is 834. The van der Waals surface area contributed by atoms with Crippen LogP contribution in [-0.4, -0.2) is 44.2 Å². The van der Waals surface area contributed by atoms with Gasteiger partial charge in [0.2, 0.25) is 11.1 Å². The topological polar surface area (TPSA) is 85.8 Å². The number of carbonyl (C=O) groups excluding carboxylic acids is 1. The molecule has 0 radical (unpaired) electrons. The highest BCUT2D eigenvalue weighted by molar-refractivity contribution is 7.99. The lowest BCUT2D eigenvalue weighted by Crippen LogP contribution is -2.27. The fraction of sp³-hybridized carbons (Fsp3) is 0.333. The Labute approximate surface area is 166 Å². The molecule has 27 heavy (non-hydrogen) atoms. The Morgan fingerprint density at radius 3 is 2.85 bits per heavy atom. The van der Waals surface area contributed by atoms with Crippen LogP contribution in [0.15, 0.2) is 52.2 Å². The van der Waals surface area contributed by atoms with Gasteiger partial charge in [0.1, 0.15) is 5.76 Å². The van der Waals surface area contributed by atoms with Gasteiger partial charge < -0.3 is 9.73 Å². The first-order chi connectivity index (χ1) is 13.3. The number of amides is 1.